The van der Waals surface area contributed by atoms with Crippen LogP contribution in [0.5, 0.6) is 0 Å². The van der Waals surface area contributed by atoms with E-state index in [9.17, 15) is 19.8 Å². The maximum Gasteiger partial charge on any atom is 0.369 e. The molecule has 2 spiro atoms. The van der Waals surface area contributed by atoms with Crippen molar-refractivity contribution in [1.82, 2.24) is 30.4 Å². The van der Waals surface area contributed by atoms with Crippen molar-refractivity contribution in [3.05, 3.63) is 34.9 Å². The summed E-state index contributed by atoms with van der Waals surface area (Å²) in [5.74, 6) is -4.16. The highest BCUT2D eigenvalue weighted by atomic mass is 16.8. The Morgan fingerprint density at radius 2 is 1.21 bits per heavy atom. The molecule has 0 unspecified atom stereocenters. The number of aliphatic hydroxyl groups is 2. The molecule has 2 aliphatic carbocycles. The van der Waals surface area contributed by atoms with Crippen LogP contribution in [0.4, 0.5) is 11.9 Å². The number of esters is 2. The molecule has 18 nitrogen and oxygen atoms in total. The molecule has 4 aliphatic rings. The number of hydrogen-bond donors (Lipinski definition) is 4. The smallest absolute Gasteiger partial charge is 0.369 e. The van der Waals surface area contributed by atoms with Crippen molar-refractivity contribution in [1.29, 1.82) is 0 Å². The van der Waals surface area contributed by atoms with Crippen LogP contribution in [0.3, 0.4) is 0 Å². The van der Waals surface area contributed by atoms with Gasteiger partial charge < -0.3 is 39.1 Å². The van der Waals surface area contributed by atoms with Gasteiger partial charge in [-0.05, 0) is 38.5 Å². The molecular weight excluding hydrogens is 556 g/mol. The van der Waals surface area contributed by atoms with Crippen molar-refractivity contribution in [3.63, 3.8) is 0 Å². The minimum Gasteiger partial charge on any atom is -0.479 e. The fourth-order valence-electron chi connectivity index (χ4n) is 5.28. The van der Waals surface area contributed by atoms with E-state index < -0.39 is 46.8 Å². The fraction of sp³-hybridized carbons (Fsp3) is 0.583. The highest BCUT2D eigenvalue weighted by Gasteiger charge is 2.48. The maximum absolute atomic E-state index is 12.6. The van der Waals surface area contributed by atoms with Gasteiger partial charge in [0.05, 0.1) is 0 Å². The van der Waals surface area contributed by atoms with E-state index in [2.05, 4.69) is 57.7 Å². The summed E-state index contributed by atoms with van der Waals surface area (Å²) in [4.78, 5) is 30.8. The first-order chi connectivity index (χ1) is 20.1. The molecule has 6 rings (SSSR count). The lowest BCUT2D eigenvalue weighted by Gasteiger charge is -2.40. The Bertz CT molecular complexity index is 1510. The van der Waals surface area contributed by atoms with E-state index in [0.717, 1.165) is 12.8 Å². The van der Waals surface area contributed by atoms with Crippen molar-refractivity contribution in [3.8, 4) is 0 Å². The van der Waals surface area contributed by atoms with Crippen LogP contribution in [0, 0.1) is 12.8 Å². The van der Waals surface area contributed by atoms with Gasteiger partial charge in [0, 0.05) is 31.6 Å². The van der Waals surface area contributed by atoms with Gasteiger partial charge in [0.1, 0.15) is 11.6 Å². The van der Waals surface area contributed by atoms with E-state index in [1.165, 1.54) is 0 Å². The Labute approximate surface area is 237 Å². The van der Waals surface area contributed by atoms with Gasteiger partial charge in [0.2, 0.25) is 0 Å². The van der Waals surface area contributed by atoms with E-state index in [1.54, 1.807) is 6.92 Å². The van der Waals surface area contributed by atoms with Crippen molar-refractivity contribution in [2.24, 2.45) is 26.4 Å². The van der Waals surface area contributed by atoms with Gasteiger partial charge in [-0.15, -0.1) is 40.9 Å². The number of ether oxygens (including phenoxy) is 4. The van der Waals surface area contributed by atoms with Crippen LogP contribution >= 0.6 is 0 Å². The van der Waals surface area contributed by atoms with Crippen LogP contribution in [0.25, 0.3) is 0 Å². The van der Waals surface area contributed by atoms with Gasteiger partial charge in [-0.3, -0.25) is 0 Å². The summed E-state index contributed by atoms with van der Waals surface area (Å²) in [5, 5.41) is 51.2. The van der Waals surface area contributed by atoms with Crippen molar-refractivity contribution >= 4 is 23.8 Å². The minimum atomic E-state index is -1.36. The Morgan fingerprint density at radius 3 is 1.71 bits per heavy atom. The summed E-state index contributed by atoms with van der Waals surface area (Å²) in [5.41, 5.74) is -0.949. The number of rotatable bonds is 5. The lowest BCUT2D eigenvalue weighted by molar-refractivity contribution is -0.253. The largest absolute Gasteiger partial charge is 0.479 e. The van der Waals surface area contributed by atoms with Gasteiger partial charge in [-0.2, -0.15) is 0 Å². The number of aryl methyl sites for hydroxylation is 1. The van der Waals surface area contributed by atoms with E-state index in [1.807, 2.05) is 0 Å². The number of carbonyl (C=O) groups is 2. The predicted octanol–water partition coefficient (Wildman–Crippen LogP) is 3.96. The average molecular weight is 585 g/mol. The quantitative estimate of drug-likeness (QED) is 0.288. The number of azo groups is 2. The first-order valence-corrected chi connectivity index (χ1v) is 13.5. The summed E-state index contributed by atoms with van der Waals surface area (Å²) < 4.78 is 22.1. The number of nitrogens with one attached hydrogen (secondary N) is 2. The maximum atomic E-state index is 12.6. The Kier molecular flexibility index (Phi) is 6.82. The number of H-pyrrole nitrogens is 2. The van der Waals surface area contributed by atoms with Crippen LogP contribution in [-0.2, 0) is 28.5 Å². The molecule has 18 heteroatoms. The molecule has 42 heavy (non-hydrogen) atoms. The molecule has 0 radical (unpaired) electrons. The third kappa shape index (κ3) is 5.38. The molecular formula is C24H28N10O8. The zero-order valence-electron chi connectivity index (χ0n) is 22.7. The number of aromatic amines is 2. The van der Waals surface area contributed by atoms with Gasteiger partial charge in [-0.25, -0.2) is 9.59 Å². The monoisotopic (exact) mass is 584 g/mol. The molecule has 2 aliphatic heterocycles. The SMILES string of the molecule is Cc1nnc(N=NC2=C(O)OC3(CCC(c4nnc(N=NC5=C(O)OC6(CCC(C)CC6)OC5=O)[nH]4)CC3)OC2=O)[nH]1. The van der Waals surface area contributed by atoms with Crippen LogP contribution < -0.4 is 0 Å². The van der Waals surface area contributed by atoms with Gasteiger partial charge in [-0.1, -0.05) is 6.92 Å². The Balaban J connectivity index is 1.07. The second-order valence-electron chi connectivity index (χ2n) is 10.7. The summed E-state index contributed by atoms with van der Waals surface area (Å²) in [6, 6.07) is 0. The van der Waals surface area contributed by atoms with Crippen molar-refractivity contribution in [2.45, 2.75) is 82.7 Å². The van der Waals surface area contributed by atoms with Crippen molar-refractivity contribution in [2.75, 3.05) is 0 Å². The summed E-state index contributed by atoms with van der Waals surface area (Å²) in [6.07, 6.45) is 4.02. The van der Waals surface area contributed by atoms with Gasteiger partial charge in [0.15, 0.2) is 0 Å². The normalized spacial score (nSPS) is 30.2. The second-order valence-corrected chi connectivity index (χ2v) is 10.7. The first kappa shape index (κ1) is 27.3. The van der Waals surface area contributed by atoms with E-state index >= 15 is 0 Å². The van der Waals surface area contributed by atoms with E-state index in [4.69, 9.17) is 18.9 Å². The lowest BCUT2D eigenvalue weighted by Crippen LogP contribution is -2.44. The average Bonchev–Trinajstić information content (AvgIpc) is 3.59. The summed E-state index contributed by atoms with van der Waals surface area (Å²) in [6.45, 7) is 3.78. The number of nitrogens with zero attached hydrogens (tertiary/aromatic N) is 8. The van der Waals surface area contributed by atoms with Crippen LogP contribution in [0.1, 0.15) is 75.9 Å². The highest BCUT2D eigenvalue weighted by molar-refractivity contribution is 5.89. The molecule has 4 N–H and O–H groups in total. The van der Waals surface area contributed by atoms with E-state index in [-0.39, 0.29) is 30.7 Å². The summed E-state index contributed by atoms with van der Waals surface area (Å²) >= 11 is 0. The predicted molar refractivity (Wildman–Crippen MR) is 135 cm³/mol. The third-order valence-electron chi connectivity index (χ3n) is 7.65. The molecule has 2 aromatic heterocycles. The highest BCUT2D eigenvalue weighted by Crippen LogP contribution is 2.44. The van der Waals surface area contributed by atoms with Crippen LogP contribution in [-0.4, -0.2) is 64.1 Å². The standard InChI is InChI=1S/C24H28N10O8/c1-11-3-7-23(8-4-11)39-17(35)15(18(36)40-23)29-33-22-26-16(30-34-22)13-5-9-24(10-6-13)41-19(37)14(20(38)42-24)28-32-21-25-12(2)27-31-21/h11,13,35,37H,3-10H2,1-2H3,(H,25,27,31)(H,26,30,34). The number of aromatic nitrogens is 6. The minimum absolute atomic E-state index is 0.00282. The van der Waals surface area contributed by atoms with E-state index in [0.29, 0.717) is 43.3 Å². The van der Waals surface area contributed by atoms with Crippen LogP contribution in [0.2, 0.25) is 0 Å². The molecule has 0 amide bonds. The molecule has 222 valence electrons. The number of aliphatic hydroxyl groups excluding tert-OH is 2. The zero-order valence-corrected chi connectivity index (χ0v) is 22.7. The molecule has 0 saturated heterocycles. The molecule has 0 bridgehead atoms. The number of carbonyl (C=O) groups excluding carboxylic acids is 2. The summed E-state index contributed by atoms with van der Waals surface area (Å²) in [7, 11) is 0. The first-order valence-electron chi connectivity index (χ1n) is 13.5. The molecule has 4 heterocycles. The Hall–Kier alpha value is -4.90. The van der Waals surface area contributed by atoms with Crippen LogP contribution in [0.15, 0.2) is 43.7 Å². The fourth-order valence-corrected chi connectivity index (χ4v) is 5.28. The van der Waals surface area contributed by atoms with Gasteiger partial charge in [0.25, 0.3) is 34.9 Å². The molecule has 2 aromatic rings. The molecule has 2 saturated carbocycles. The lowest BCUT2D eigenvalue weighted by atomic mass is 9.84. The zero-order chi connectivity index (χ0) is 29.5. The second kappa shape index (κ2) is 10.5. The molecule has 0 atom stereocenters. The molecule has 0 aromatic carbocycles. The topological polar surface area (TPSA) is 244 Å². The number of hydrogen-bond acceptors (Lipinski definition) is 16. The van der Waals surface area contributed by atoms with Crippen molar-refractivity contribution < 1.29 is 38.7 Å². The van der Waals surface area contributed by atoms with Gasteiger partial charge >= 0.3 is 23.8 Å². The Morgan fingerprint density at radius 1 is 0.714 bits per heavy atom. The molecule has 2 fully saturated rings. The third-order valence-corrected chi connectivity index (χ3v) is 7.65.